The van der Waals surface area contributed by atoms with Crippen molar-refractivity contribution in [1.82, 2.24) is 10.7 Å². The molecule has 1 unspecified atom stereocenters. The highest BCUT2D eigenvalue weighted by Crippen LogP contribution is 2.34. The van der Waals surface area contributed by atoms with Crippen molar-refractivity contribution in [2.24, 2.45) is 11.0 Å². The Morgan fingerprint density at radius 2 is 1.76 bits per heavy atom. The van der Waals surface area contributed by atoms with Crippen LogP contribution in [0, 0.1) is 12.8 Å². The van der Waals surface area contributed by atoms with Gasteiger partial charge in [-0.2, -0.15) is 5.10 Å². The minimum Gasteiger partial charge on any atom is -0.490 e. The number of nitrogens with zero attached hydrogens (tertiary/aromatic N) is 1. The largest absolute Gasteiger partial charge is 0.490 e. The summed E-state index contributed by atoms with van der Waals surface area (Å²) in [5.74, 6) is 0.0989. The van der Waals surface area contributed by atoms with E-state index in [4.69, 9.17) is 32.7 Å². The molecule has 0 bridgehead atoms. The SMILES string of the molecule is C=CCc1cc(C=NNC(=O)C(NC(=O)c2ccc(Cl)c(Cl)c2)C(C)C)cc(OCC)c1OCc1ccc(C)cc1. The summed E-state index contributed by atoms with van der Waals surface area (Å²) in [4.78, 5) is 25.7. The Kier molecular flexibility index (Phi) is 11.8. The molecule has 0 aromatic heterocycles. The molecule has 7 nitrogen and oxygen atoms in total. The first-order valence-electron chi connectivity index (χ1n) is 13.3. The maximum Gasteiger partial charge on any atom is 0.262 e. The number of hydrogen-bond donors (Lipinski definition) is 2. The van der Waals surface area contributed by atoms with Crippen molar-refractivity contribution in [2.75, 3.05) is 6.61 Å². The molecular formula is C32H35Cl2N3O4. The van der Waals surface area contributed by atoms with E-state index in [1.165, 1.54) is 23.9 Å². The summed E-state index contributed by atoms with van der Waals surface area (Å²) in [5, 5.41) is 7.48. The van der Waals surface area contributed by atoms with Gasteiger partial charge in [-0.1, -0.05) is 73.0 Å². The van der Waals surface area contributed by atoms with Crippen molar-refractivity contribution in [3.63, 3.8) is 0 Å². The van der Waals surface area contributed by atoms with E-state index >= 15 is 0 Å². The molecule has 0 spiro atoms. The molecule has 1 atom stereocenters. The lowest BCUT2D eigenvalue weighted by molar-refractivity contribution is -0.123. The van der Waals surface area contributed by atoms with E-state index in [0.717, 1.165) is 11.1 Å². The zero-order valence-electron chi connectivity index (χ0n) is 23.7. The molecule has 3 aromatic carbocycles. The molecule has 41 heavy (non-hydrogen) atoms. The van der Waals surface area contributed by atoms with E-state index in [9.17, 15) is 9.59 Å². The van der Waals surface area contributed by atoms with Gasteiger partial charge in [-0.3, -0.25) is 9.59 Å². The molecule has 3 rings (SSSR count). The Bertz CT molecular complexity index is 1400. The molecule has 0 heterocycles. The average molecular weight is 597 g/mol. The number of rotatable bonds is 13. The standard InChI is InChI=1S/C32H35Cl2N3O4/c1-6-8-24-15-23(16-28(40-7-2)30(24)41-19-22-11-9-21(5)10-12-22)18-35-37-32(39)29(20(3)4)36-31(38)25-13-14-26(33)27(34)17-25/h6,9-18,20,29H,1,7-8,19H2,2-5H3,(H,36,38)(H,37,39). The summed E-state index contributed by atoms with van der Waals surface area (Å²) >= 11 is 12.0. The number of nitrogens with one attached hydrogen (secondary N) is 2. The predicted molar refractivity (Wildman–Crippen MR) is 165 cm³/mol. The van der Waals surface area contributed by atoms with E-state index < -0.39 is 17.9 Å². The molecular weight excluding hydrogens is 561 g/mol. The molecule has 0 radical (unpaired) electrons. The Hall–Kier alpha value is -3.81. The smallest absolute Gasteiger partial charge is 0.262 e. The van der Waals surface area contributed by atoms with Crippen LogP contribution in [0.2, 0.25) is 10.0 Å². The van der Waals surface area contributed by atoms with Gasteiger partial charge in [0.15, 0.2) is 11.5 Å². The number of benzene rings is 3. The Balaban J connectivity index is 1.75. The molecule has 0 saturated heterocycles. The summed E-state index contributed by atoms with van der Waals surface area (Å²) < 4.78 is 12.1. The molecule has 216 valence electrons. The minimum absolute atomic E-state index is 0.203. The zero-order chi connectivity index (χ0) is 29.9. The summed E-state index contributed by atoms with van der Waals surface area (Å²) in [7, 11) is 0. The molecule has 0 aliphatic heterocycles. The molecule has 2 N–H and O–H groups in total. The third kappa shape index (κ3) is 9.10. The van der Waals surface area contributed by atoms with Crippen molar-refractivity contribution >= 4 is 41.2 Å². The number of ether oxygens (including phenoxy) is 2. The first-order valence-corrected chi connectivity index (χ1v) is 14.1. The summed E-state index contributed by atoms with van der Waals surface area (Å²) in [6, 6.07) is 15.6. The second-order valence-corrected chi connectivity index (χ2v) is 10.6. The lowest BCUT2D eigenvalue weighted by Crippen LogP contribution is -2.48. The monoisotopic (exact) mass is 595 g/mol. The van der Waals surface area contributed by atoms with E-state index in [-0.39, 0.29) is 10.9 Å². The van der Waals surface area contributed by atoms with Gasteiger partial charge in [0.1, 0.15) is 12.6 Å². The second-order valence-electron chi connectivity index (χ2n) is 9.77. The minimum atomic E-state index is -0.832. The van der Waals surface area contributed by atoms with Crippen molar-refractivity contribution in [3.8, 4) is 11.5 Å². The summed E-state index contributed by atoms with van der Waals surface area (Å²) in [5.41, 5.74) is 6.63. The van der Waals surface area contributed by atoms with Gasteiger partial charge in [0.2, 0.25) is 0 Å². The topological polar surface area (TPSA) is 89.0 Å². The van der Waals surface area contributed by atoms with Gasteiger partial charge in [-0.25, -0.2) is 5.43 Å². The first kappa shape index (κ1) is 31.7. The van der Waals surface area contributed by atoms with E-state index in [1.54, 1.807) is 12.1 Å². The fraction of sp³-hybridized carbons (Fsp3) is 0.281. The third-order valence-corrected chi connectivity index (χ3v) is 6.87. The maximum atomic E-state index is 13.0. The normalized spacial score (nSPS) is 11.8. The third-order valence-electron chi connectivity index (χ3n) is 6.13. The fourth-order valence-electron chi connectivity index (χ4n) is 3.97. The van der Waals surface area contributed by atoms with Crippen molar-refractivity contribution in [2.45, 2.75) is 46.8 Å². The van der Waals surface area contributed by atoms with Crippen LogP contribution in [0.1, 0.15) is 53.4 Å². The molecule has 0 fully saturated rings. The van der Waals surface area contributed by atoms with Crippen LogP contribution in [-0.2, 0) is 17.8 Å². The van der Waals surface area contributed by atoms with Crippen LogP contribution in [-0.4, -0.2) is 30.7 Å². The molecule has 0 aliphatic carbocycles. The molecule has 0 aliphatic rings. The van der Waals surface area contributed by atoms with Gasteiger partial charge >= 0.3 is 0 Å². The van der Waals surface area contributed by atoms with Crippen LogP contribution in [0.25, 0.3) is 0 Å². The van der Waals surface area contributed by atoms with Gasteiger partial charge < -0.3 is 14.8 Å². The lowest BCUT2D eigenvalue weighted by atomic mass is 10.0. The molecule has 2 amide bonds. The number of carbonyl (C=O) groups is 2. The zero-order valence-corrected chi connectivity index (χ0v) is 25.2. The summed E-state index contributed by atoms with van der Waals surface area (Å²) in [6.07, 6.45) is 3.86. The van der Waals surface area contributed by atoms with Gasteiger partial charge in [-0.15, -0.1) is 6.58 Å². The van der Waals surface area contributed by atoms with Crippen molar-refractivity contribution in [3.05, 3.63) is 105 Å². The Labute approximate surface area is 251 Å². The highest BCUT2D eigenvalue weighted by atomic mass is 35.5. The van der Waals surface area contributed by atoms with Crippen LogP contribution in [0.15, 0.2) is 72.4 Å². The maximum absolute atomic E-state index is 13.0. The fourth-order valence-corrected chi connectivity index (χ4v) is 4.27. The van der Waals surface area contributed by atoms with Gasteiger partial charge in [0, 0.05) is 11.1 Å². The molecule has 0 saturated carbocycles. The van der Waals surface area contributed by atoms with Crippen molar-refractivity contribution < 1.29 is 19.1 Å². The number of hydrogen-bond acceptors (Lipinski definition) is 5. The highest BCUT2D eigenvalue weighted by Gasteiger charge is 2.25. The number of amides is 2. The van der Waals surface area contributed by atoms with Crippen LogP contribution >= 0.6 is 23.2 Å². The van der Waals surface area contributed by atoms with Crippen LogP contribution in [0.5, 0.6) is 11.5 Å². The Morgan fingerprint density at radius 3 is 2.39 bits per heavy atom. The number of hydrazone groups is 1. The summed E-state index contributed by atoms with van der Waals surface area (Å²) in [6.45, 7) is 12.3. The number of allylic oxidation sites excluding steroid dienone is 1. The van der Waals surface area contributed by atoms with Crippen LogP contribution < -0.4 is 20.2 Å². The predicted octanol–water partition coefficient (Wildman–Crippen LogP) is 6.91. The Morgan fingerprint density at radius 1 is 1.02 bits per heavy atom. The number of halogens is 2. The first-order chi connectivity index (χ1) is 19.6. The second kappa shape index (κ2) is 15.3. The van der Waals surface area contributed by atoms with Gasteiger partial charge in [-0.05, 0) is 67.6 Å². The van der Waals surface area contributed by atoms with Gasteiger partial charge in [0.25, 0.3) is 11.8 Å². The van der Waals surface area contributed by atoms with Crippen LogP contribution in [0.3, 0.4) is 0 Å². The molecule has 9 heteroatoms. The van der Waals surface area contributed by atoms with Crippen LogP contribution in [0.4, 0.5) is 0 Å². The highest BCUT2D eigenvalue weighted by molar-refractivity contribution is 6.42. The van der Waals surface area contributed by atoms with Crippen molar-refractivity contribution in [1.29, 1.82) is 0 Å². The molecule has 3 aromatic rings. The quantitative estimate of drug-likeness (QED) is 0.128. The average Bonchev–Trinajstić information content (AvgIpc) is 2.93. The van der Waals surface area contributed by atoms with E-state index in [2.05, 4.69) is 22.4 Å². The van der Waals surface area contributed by atoms with E-state index in [0.29, 0.717) is 47.3 Å². The van der Waals surface area contributed by atoms with E-state index in [1.807, 2.05) is 64.1 Å². The van der Waals surface area contributed by atoms with Gasteiger partial charge in [0.05, 0.1) is 22.9 Å². The number of carbonyl (C=O) groups excluding carboxylic acids is 2. The number of aryl methyl sites for hydroxylation is 1. The lowest BCUT2D eigenvalue weighted by Gasteiger charge is -2.20.